The Hall–Kier alpha value is -0.0800. The van der Waals surface area contributed by atoms with Gasteiger partial charge in [0.2, 0.25) is 0 Å². The molecule has 1 aliphatic rings. The van der Waals surface area contributed by atoms with Gasteiger partial charge in [-0.25, -0.2) is 0 Å². The molecule has 1 saturated heterocycles. The Morgan fingerprint density at radius 2 is 1.83 bits per heavy atom. The third kappa shape index (κ3) is 4.89. The first kappa shape index (κ1) is 16.0. The van der Waals surface area contributed by atoms with E-state index in [0.29, 0.717) is 16.9 Å². The van der Waals surface area contributed by atoms with Crippen molar-refractivity contribution in [1.29, 1.82) is 0 Å². The third-order valence-electron chi connectivity index (χ3n) is 4.71. The quantitative estimate of drug-likeness (QED) is 0.784. The molecule has 0 aromatic rings. The van der Waals surface area contributed by atoms with Gasteiger partial charge < -0.3 is 10.6 Å². The molecule has 2 nitrogen and oxygen atoms in total. The minimum atomic E-state index is 0.362. The van der Waals surface area contributed by atoms with E-state index in [1.807, 2.05) is 0 Å². The van der Waals surface area contributed by atoms with Gasteiger partial charge in [-0.15, -0.1) is 0 Å². The summed E-state index contributed by atoms with van der Waals surface area (Å²) in [6.07, 6.45) is 6.32. The van der Waals surface area contributed by atoms with E-state index in [2.05, 4.69) is 39.5 Å². The topological polar surface area (TPSA) is 29.3 Å². The fraction of sp³-hybridized carbons (Fsp3) is 1.00. The highest BCUT2D eigenvalue weighted by Crippen LogP contribution is 2.37. The molecule has 0 radical (unpaired) electrons. The molecule has 1 fully saturated rings. The highest BCUT2D eigenvalue weighted by Gasteiger charge is 2.34. The van der Waals surface area contributed by atoms with Gasteiger partial charge in [-0.05, 0) is 56.0 Å². The van der Waals surface area contributed by atoms with Crippen molar-refractivity contribution in [2.45, 2.75) is 72.8 Å². The Balaban J connectivity index is 2.29. The molecule has 0 amide bonds. The van der Waals surface area contributed by atoms with Crippen molar-refractivity contribution in [2.75, 3.05) is 19.6 Å². The number of nitrogens with two attached hydrogens (primary N) is 1. The summed E-state index contributed by atoms with van der Waals surface area (Å²) in [4.78, 5) is 2.63. The van der Waals surface area contributed by atoms with Gasteiger partial charge in [-0.1, -0.05) is 34.6 Å². The van der Waals surface area contributed by atoms with Crippen LogP contribution in [0.4, 0.5) is 0 Å². The van der Waals surface area contributed by atoms with Gasteiger partial charge in [-0.2, -0.15) is 0 Å². The van der Waals surface area contributed by atoms with Gasteiger partial charge >= 0.3 is 0 Å². The van der Waals surface area contributed by atoms with Crippen LogP contribution in [0, 0.1) is 10.8 Å². The Bertz CT molecular complexity index is 238. The maximum atomic E-state index is 6.24. The van der Waals surface area contributed by atoms with E-state index in [9.17, 15) is 0 Å². The van der Waals surface area contributed by atoms with Crippen LogP contribution in [0.2, 0.25) is 0 Å². The van der Waals surface area contributed by atoms with Crippen LogP contribution < -0.4 is 5.73 Å². The first-order valence-electron chi connectivity index (χ1n) is 7.78. The number of nitrogens with zero attached hydrogens (tertiary/aromatic N) is 1. The Morgan fingerprint density at radius 1 is 1.22 bits per heavy atom. The molecular weight excluding hydrogens is 220 g/mol. The summed E-state index contributed by atoms with van der Waals surface area (Å²) >= 11 is 0. The lowest BCUT2D eigenvalue weighted by molar-refractivity contribution is 0.229. The summed E-state index contributed by atoms with van der Waals surface area (Å²) in [5.41, 5.74) is 7.21. The fourth-order valence-electron chi connectivity index (χ4n) is 3.28. The van der Waals surface area contributed by atoms with Crippen LogP contribution in [0.3, 0.4) is 0 Å². The lowest BCUT2D eigenvalue weighted by Gasteiger charge is -2.28. The number of hydrogen-bond donors (Lipinski definition) is 1. The van der Waals surface area contributed by atoms with Crippen molar-refractivity contribution in [3.8, 4) is 0 Å². The highest BCUT2D eigenvalue weighted by molar-refractivity contribution is 4.88. The minimum absolute atomic E-state index is 0.362. The van der Waals surface area contributed by atoms with Crippen molar-refractivity contribution in [3.63, 3.8) is 0 Å². The van der Waals surface area contributed by atoms with Crippen LogP contribution in [0.25, 0.3) is 0 Å². The summed E-state index contributed by atoms with van der Waals surface area (Å²) in [7, 11) is 0. The van der Waals surface area contributed by atoms with E-state index in [0.717, 1.165) is 12.8 Å². The molecule has 2 heteroatoms. The monoisotopic (exact) mass is 254 g/mol. The molecule has 1 atom stereocenters. The van der Waals surface area contributed by atoms with Crippen molar-refractivity contribution in [2.24, 2.45) is 16.6 Å². The van der Waals surface area contributed by atoms with Crippen LogP contribution in [-0.2, 0) is 0 Å². The van der Waals surface area contributed by atoms with E-state index in [1.54, 1.807) is 0 Å². The molecule has 2 N–H and O–H groups in total. The molecule has 1 aliphatic heterocycles. The van der Waals surface area contributed by atoms with Crippen molar-refractivity contribution in [1.82, 2.24) is 4.90 Å². The number of likely N-dealkylation sites (tertiary alicyclic amines) is 1. The summed E-state index contributed by atoms with van der Waals surface area (Å²) in [6.45, 7) is 15.3. The predicted molar refractivity (Wildman–Crippen MR) is 80.7 cm³/mol. The van der Waals surface area contributed by atoms with E-state index in [4.69, 9.17) is 5.73 Å². The molecule has 1 rings (SSSR count). The van der Waals surface area contributed by atoms with Gasteiger partial charge in [0.15, 0.2) is 0 Å². The zero-order chi connectivity index (χ0) is 13.8. The summed E-state index contributed by atoms with van der Waals surface area (Å²) in [6, 6.07) is 0.364. The second-order valence-corrected chi connectivity index (χ2v) is 7.55. The average molecular weight is 254 g/mol. The largest absolute Gasteiger partial charge is 0.328 e. The molecule has 1 unspecified atom stereocenters. The van der Waals surface area contributed by atoms with E-state index in [-0.39, 0.29) is 0 Å². The van der Waals surface area contributed by atoms with Crippen LogP contribution in [-0.4, -0.2) is 30.6 Å². The molecule has 0 spiro atoms. The Morgan fingerprint density at radius 3 is 2.28 bits per heavy atom. The molecule has 0 aromatic heterocycles. The lowest BCUT2D eigenvalue weighted by Crippen LogP contribution is -2.33. The van der Waals surface area contributed by atoms with Crippen molar-refractivity contribution in [3.05, 3.63) is 0 Å². The van der Waals surface area contributed by atoms with Crippen LogP contribution in [0.1, 0.15) is 66.7 Å². The van der Waals surface area contributed by atoms with Crippen molar-refractivity contribution < 1.29 is 0 Å². The van der Waals surface area contributed by atoms with Gasteiger partial charge in [0.05, 0.1) is 0 Å². The lowest BCUT2D eigenvalue weighted by atomic mass is 9.82. The van der Waals surface area contributed by atoms with E-state index in [1.165, 1.54) is 38.9 Å². The van der Waals surface area contributed by atoms with Crippen molar-refractivity contribution >= 4 is 0 Å². The number of rotatable bonds is 6. The zero-order valence-electron chi connectivity index (χ0n) is 13.3. The number of hydrogen-bond acceptors (Lipinski definition) is 2. The molecule has 18 heavy (non-hydrogen) atoms. The Kier molecular flexibility index (Phi) is 5.67. The van der Waals surface area contributed by atoms with E-state index >= 15 is 0 Å². The smallest absolute Gasteiger partial charge is 0.00559 e. The van der Waals surface area contributed by atoms with Gasteiger partial charge in [-0.3, -0.25) is 0 Å². The standard InChI is InChI=1S/C16H34N2/c1-6-16(7-2)9-11-18(13-16)10-8-14(17)12-15(3,4)5/h14H,6-13,17H2,1-5H3. The molecule has 108 valence electrons. The first-order chi connectivity index (χ1) is 8.30. The van der Waals surface area contributed by atoms with Crippen LogP contribution in [0.5, 0.6) is 0 Å². The SMILES string of the molecule is CCC1(CC)CCN(CCC(N)CC(C)(C)C)C1. The molecule has 0 aliphatic carbocycles. The third-order valence-corrected chi connectivity index (χ3v) is 4.71. The molecular formula is C16H34N2. The minimum Gasteiger partial charge on any atom is -0.328 e. The Labute approximate surface area is 114 Å². The summed E-state index contributed by atoms with van der Waals surface area (Å²) < 4.78 is 0. The van der Waals surface area contributed by atoms with Crippen LogP contribution >= 0.6 is 0 Å². The second kappa shape index (κ2) is 6.38. The zero-order valence-corrected chi connectivity index (χ0v) is 13.3. The summed E-state index contributed by atoms with van der Waals surface area (Å²) in [5.74, 6) is 0. The van der Waals surface area contributed by atoms with Gasteiger partial charge in [0.25, 0.3) is 0 Å². The maximum Gasteiger partial charge on any atom is 0.00559 e. The highest BCUT2D eigenvalue weighted by atomic mass is 15.2. The summed E-state index contributed by atoms with van der Waals surface area (Å²) in [5, 5.41) is 0. The normalized spacial score (nSPS) is 22.3. The fourth-order valence-corrected chi connectivity index (χ4v) is 3.28. The molecule has 0 aromatic carbocycles. The average Bonchev–Trinajstić information content (AvgIpc) is 2.68. The van der Waals surface area contributed by atoms with Gasteiger partial charge in [0.1, 0.15) is 0 Å². The van der Waals surface area contributed by atoms with E-state index < -0.39 is 0 Å². The molecule has 1 heterocycles. The molecule has 0 bridgehead atoms. The van der Waals surface area contributed by atoms with Crippen LogP contribution in [0.15, 0.2) is 0 Å². The molecule has 0 saturated carbocycles. The predicted octanol–water partition coefficient (Wildman–Crippen LogP) is 3.65. The first-order valence-corrected chi connectivity index (χ1v) is 7.78. The maximum absolute atomic E-state index is 6.24. The van der Waals surface area contributed by atoms with Gasteiger partial charge in [0, 0.05) is 12.6 Å². The second-order valence-electron chi connectivity index (χ2n) is 7.55.